The second-order valence-corrected chi connectivity index (χ2v) is 4.68. The van der Waals surface area contributed by atoms with Crippen molar-refractivity contribution in [2.45, 2.75) is 13.3 Å². The van der Waals surface area contributed by atoms with Crippen LogP contribution in [-0.2, 0) is 4.79 Å². The van der Waals surface area contributed by atoms with E-state index in [0.29, 0.717) is 17.1 Å². The van der Waals surface area contributed by atoms with Crippen molar-refractivity contribution in [1.29, 1.82) is 0 Å². The molecule has 0 atom stereocenters. The van der Waals surface area contributed by atoms with Crippen LogP contribution in [0.2, 0.25) is 0 Å². The van der Waals surface area contributed by atoms with E-state index < -0.39 is 0 Å². The summed E-state index contributed by atoms with van der Waals surface area (Å²) in [4.78, 5) is 11.8. The molecule has 0 aromatic heterocycles. The first kappa shape index (κ1) is 14.8. The van der Waals surface area contributed by atoms with E-state index in [1.54, 1.807) is 30.3 Å². The predicted molar refractivity (Wildman–Crippen MR) is 80.7 cm³/mol. The predicted octanol–water partition coefficient (Wildman–Crippen LogP) is 3.12. The lowest BCUT2D eigenvalue weighted by molar-refractivity contribution is -0.116. The Labute approximate surface area is 122 Å². The lowest BCUT2D eigenvalue weighted by Crippen LogP contribution is -2.15. The maximum atomic E-state index is 13.1. The molecular weight excluding hydrogens is 271 g/mol. The first-order valence-corrected chi connectivity index (χ1v) is 6.59. The van der Waals surface area contributed by atoms with Crippen LogP contribution >= 0.6 is 0 Å². The van der Waals surface area contributed by atoms with E-state index in [1.807, 2.05) is 6.92 Å². The summed E-state index contributed by atoms with van der Waals surface area (Å²) in [6, 6.07) is 11.3. The summed E-state index contributed by atoms with van der Waals surface area (Å²) in [5, 5.41) is 2.72. The third-order valence-electron chi connectivity index (χ3n) is 2.91. The van der Waals surface area contributed by atoms with E-state index in [4.69, 9.17) is 10.5 Å². The number of amides is 1. The van der Waals surface area contributed by atoms with Gasteiger partial charge in [0, 0.05) is 17.4 Å². The Hall–Kier alpha value is -2.56. The summed E-state index contributed by atoms with van der Waals surface area (Å²) in [6.07, 6.45) is 0.171. The van der Waals surface area contributed by atoms with Crippen molar-refractivity contribution < 1.29 is 13.9 Å². The number of aryl methyl sites for hydroxylation is 1. The molecule has 0 unspecified atom stereocenters. The number of carbonyl (C=O) groups is 1. The molecule has 0 aliphatic carbocycles. The highest BCUT2D eigenvalue weighted by Gasteiger charge is 2.05. The summed E-state index contributed by atoms with van der Waals surface area (Å²) < 4.78 is 18.5. The number of rotatable bonds is 5. The van der Waals surface area contributed by atoms with Gasteiger partial charge in [0.15, 0.2) is 0 Å². The number of hydrogen-bond acceptors (Lipinski definition) is 3. The van der Waals surface area contributed by atoms with Crippen LogP contribution in [0.15, 0.2) is 42.5 Å². The fourth-order valence-electron chi connectivity index (χ4n) is 1.82. The molecule has 0 fully saturated rings. The molecule has 3 N–H and O–H groups in total. The van der Waals surface area contributed by atoms with E-state index in [2.05, 4.69) is 5.32 Å². The number of nitrogens with two attached hydrogens (primary N) is 1. The van der Waals surface area contributed by atoms with Gasteiger partial charge in [0.25, 0.3) is 0 Å². The zero-order valence-corrected chi connectivity index (χ0v) is 11.7. The minimum Gasteiger partial charge on any atom is -0.493 e. The molecule has 5 heteroatoms. The molecule has 0 aliphatic heterocycles. The molecule has 21 heavy (non-hydrogen) atoms. The molecule has 2 aromatic carbocycles. The Bertz CT molecular complexity index is 644. The Morgan fingerprint density at radius 3 is 2.86 bits per heavy atom. The van der Waals surface area contributed by atoms with E-state index in [-0.39, 0.29) is 24.8 Å². The average Bonchev–Trinajstić information content (AvgIpc) is 2.42. The fraction of sp³-hybridized carbons (Fsp3) is 0.188. The molecule has 0 radical (unpaired) electrons. The van der Waals surface area contributed by atoms with Crippen LogP contribution in [0.1, 0.15) is 12.0 Å². The molecule has 4 nitrogen and oxygen atoms in total. The Balaban J connectivity index is 1.83. The van der Waals surface area contributed by atoms with Crippen molar-refractivity contribution in [2.75, 3.05) is 17.7 Å². The lowest BCUT2D eigenvalue weighted by atomic mass is 10.2. The van der Waals surface area contributed by atoms with Crippen LogP contribution in [-0.4, -0.2) is 12.5 Å². The van der Waals surface area contributed by atoms with Gasteiger partial charge in [0.2, 0.25) is 5.91 Å². The first-order valence-electron chi connectivity index (χ1n) is 6.59. The van der Waals surface area contributed by atoms with E-state index >= 15 is 0 Å². The number of nitrogens with one attached hydrogen (secondary N) is 1. The molecule has 0 bridgehead atoms. The normalized spacial score (nSPS) is 10.2. The lowest BCUT2D eigenvalue weighted by Gasteiger charge is -2.09. The highest BCUT2D eigenvalue weighted by Crippen LogP contribution is 2.19. The molecule has 2 rings (SSSR count). The second-order valence-electron chi connectivity index (χ2n) is 4.68. The van der Waals surface area contributed by atoms with Gasteiger partial charge in [-0.3, -0.25) is 4.79 Å². The Morgan fingerprint density at radius 1 is 1.29 bits per heavy atom. The SMILES string of the molecule is Cc1ccc(F)cc1OCCC(=O)Nc1cccc(N)c1. The van der Waals surface area contributed by atoms with Gasteiger partial charge in [0.05, 0.1) is 13.0 Å². The molecule has 0 heterocycles. The van der Waals surface area contributed by atoms with Crippen molar-refractivity contribution in [3.63, 3.8) is 0 Å². The Kier molecular flexibility index (Phi) is 4.77. The van der Waals surface area contributed by atoms with Crippen molar-refractivity contribution in [3.05, 3.63) is 53.8 Å². The third kappa shape index (κ3) is 4.49. The minimum absolute atomic E-state index is 0.171. The standard InChI is InChI=1S/C16H17FN2O2/c1-11-5-6-12(17)9-15(11)21-8-7-16(20)19-14-4-2-3-13(18)10-14/h2-6,9-10H,7-8,18H2,1H3,(H,19,20). The molecule has 0 saturated carbocycles. The van der Waals surface area contributed by atoms with E-state index in [0.717, 1.165) is 5.56 Å². The van der Waals surface area contributed by atoms with Crippen LogP contribution in [0.3, 0.4) is 0 Å². The third-order valence-corrected chi connectivity index (χ3v) is 2.91. The van der Waals surface area contributed by atoms with Gasteiger partial charge in [-0.25, -0.2) is 4.39 Å². The molecule has 0 saturated heterocycles. The smallest absolute Gasteiger partial charge is 0.227 e. The average molecular weight is 288 g/mol. The number of benzene rings is 2. The largest absolute Gasteiger partial charge is 0.493 e. The summed E-state index contributed by atoms with van der Waals surface area (Å²) >= 11 is 0. The number of ether oxygens (including phenoxy) is 1. The van der Waals surface area contributed by atoms with Crippen LogP contribution in [0.4, 0.5) is 15.8 Å². The van der Waals surface area contributed by atoms with Crippen LogP contribution in [0.5, 0.6) is 5.75 Å². The Morgan fingerprint density at radius 2 is 2.10 bits per heavy atom. The molecule has 2 aromatic rings. The van der Waals surface area contributed by atoms with Gasteiger partial charge in [-0.1, -0.05) is 12.1 Å². The van der Waals surface area contributed by atoms with Crippen molar-refractivity contribution in [3.8, 4) is 5.75 Å². The van der Waals surface area contributed by atoms with Gasteiger partial charge in [-0.05, 0) is 36.8 Å². The number of halogens is 1. The second kappa shape index (κ2) is 6.74. The molecule has 0 spiro atoms. The summed E-state index contributed by atoms with van der Waals surface area (Å²) in [5.74, 6) is -0.0961. The molecular formula is C16H17FN2O2. The first-order chi connectivity index (χ1) is 10.0. The van der Waals surface area contributed by atoms with Crippen LogP contribution in [0.25, 0.3) is 0 Å². The van der Waals surface area contributed by atoms with Gasteiger partial charge in [0.1, 0.15) is 11.6 Å². The number of hydrogen-bond donors (Lipinski definition) is 2. The zero-order valence-electron chi connectivity index (χ0n) is 11.7. The zero-order chi connectivity index (χ0) is 15.2. The summed E-state index contributed by atoms with van der Waals surface area (Å²) in [7, 11) is 0. The maximum Gasteiger partial charge on any atom is 0.227 e. The maximum absolute atomic E-state index is 13.1. The van der Waals surface area contributed by atoms with Gasteiger partial charge >= 0.3 is 0 Å². The molecule has 110 valence electrons. The number of carbonyl (C=O) groups excluding carboxylic acids is 1. The summed E-state index contributed by atoms with van der Waals surface area (Å²) in [6.45, 7) is 2.00. The van der Waals surface area contributed by atoms with Gasteiger partial charge in [-0.2, -0.15) is 0 Å². The topological polar surface area (TPSA) is 64.3 Å². The van der Waals surface area contributed by atoms with Crippen molar-refractivity contribution >= 4 is 17.3 Å². The summed E-state index contributed by atoms with van der Waals surface area (Å²) in [5.41, 5.74) is 7.68. The van der Waals surface area contributed by atoms with E-state index in [9.17, 15) is 9.18 Å². The van der Waals surface area contributed by atoms with Gasteiger partial charge in [-0.15, -0.1) is 0 Å². The van der Waals surface area contributed by atoms with Crippen molar-refractivity contribution in [1.82, 2.24) is 0 Å². The van der Waals surface area contributed by atoms with Crippen molar-refractivity contribution in [2.24, 2.45) is 0 Å². The van der Waals surface area contributed by atoms with Gasteiger partial charge < -0.3 is 15.8 Å². The highest BCUT2D eigenvalue weighted by atomic mass is 19.1. The van der Waals surface area contributed by atoms with E-state index in [1.165, 1.54) is 12.1 Å². The number of nitrogen functional groups attached to an aromatic ring is 1. The quantitative estimate of drug-likeness (QED) is 0.831. The minimum atomic E-state index is -0.361. The monoisotopic (exact) mass is 288 g/mol. The van der Waals surface area contributed by atoms with Crippen LogP contribution in [0, 0.1) is 12.7 Å². The fourth-order valence-corrected chi connectivity index (χ4v) is 1.82. The molecule has 1 amide bonds. The number of anilines is 2. The highest BCUT2D eigenvalue weighted by molar-refractivity contribution is 5.91. The molecule has 0 aliphatic rings. The van der Waals surface area contributed by atoms with Crippen LogP contribution < -0.4 is 15.8 Å².